The lowest BCUT2D eigenvalue weighted by molar-refractivity contribution is -0.207. The molecule has 0 saturated heterocycles. The maximum Gasteiger partial charge on any atom is 0.404 e. The Bertz CT molecular complexity index is 265. The molecule has 6 heteroatoms. The lowest BCUT2D eigenvalue weighted by Crippen LogP contribution is -2.37. The lowest BCUT2D eigenvalue weighted by Gasteiger charge is -2.30. The number of alkyl halides is 3. The summed E-state index contributed by atoms with van der Waals surface area (Å²) in [5.74, 6) is -4.09. The van der Waals surface area contributed by atoms with Crippen LogP contribution in [0.2, 0.25) is 0 Å². The fraction of sp³-hybridized carbons (Fsp3) is 0.909. The van der Waals surface area contributed by atoms with E-state index in [2.05, 4.69) is 0 Å². The fourth-order valence-electron chi connectivity index (χ4n) is 2.06. The summed E-state index contributed by atoms with van der Waals surface area (Å²) in [5.41, 5.74) is 0. The minimum absolute atomic E-state index is 0.200. The second-order valence-corrected chi connectivity index (χ2v) is 4.57. The third-order valence-corrected chi connectivity index (χ3v) is 3.20. The van der Waals surface area contributed by atoms with Gasteiger partial charge in [-0.1, -0.05) is 19.8 Å². The molecule has 1 N–H and O–H groups in total. The van der Waals surface area contributed by atoms with Crippen LogP contribution in [0.15, 0.2) is 0 Å². The molecule has 0 heterocycles. The van der Waals surface area contributed by atoms with Gasteiger partial charge in [-0.2, -0.15) is 13.2 Å². The van der Waals surface area contributed by atoms with Crippen molar-refractivity contribution in [1.82, 2.24) is 0 Å². The third kappa shape index (κ3) is 4.18. The van der Waals surface area contributed by atoms with Crippen LogP contribution in [0, 0.1) is 11.8 Å². The fourth-order valence-corrected chi connectivity index (χ4v) is 2.06. The molecule has 0 spiro atoms. The smallest absolute Gasteiger partial charge is 0.404 e. The minimum atomic E-state index is -4.75. The van der Waals surface area contributed by atoms with Crippen LogP contribution in [0.25, 0.3) is 0 Å². The SMILES string of the molecule is CC1CCCCC1OCC(C(=O)O)C(F)(F)F. The summed E-state index contributed by atoms with van der Waals surface area (Å²) in [4.78, 5) is 10.5. The molecule has 1 aliphatic rings. The van der Waals surface area contributed by atoms with Crippen LogP contribution in [0.3, 0.4) is 0 Å². The van der Waals surface area contributed by atoms with E-state index in [0.29, 0.717) is 6.42 Å². The molecule has 3 nitrogen and oxygen atoms in total. The molecule has 0 amide bonds. The lowest BCUT2D eigenvalue weighted by atomic mass is 9.88. The van der Waals surface area contributed by atoms with Crippen LogP contribution in [0.5, 0.6) is 0 Å². The Morgan fingerprint density at radius 3 is 2.47 bits per heavy atom. The molecule has 0 aromatic carbocycles. The molecule has 0 bridgehead atoms. The maximum atomic E-state index is 12.4. The number of ether oxygens (including phenoxy) is 1. The van der Waals surface area contributed by atoms with Crippen LogP contribution in [-0.4, -0.2) is 30.0 Å². The summed E-state index contributed by atoms with van der Waals surface area (Å²) >= 11 is 0. The molecule has 1 saturated carbocycles. The van der Waals surface area contributed by atoms with Crippen molar-refractivity contribution in [3.8, 4) is 0 Å². The van der Waals surface area contributed by atoms with E-state index in [1.807, 2.05) is 6.92 Å². The second kappa shape index (κ2) is 5.71. The van der Waals surface area contributed by atoms with E-state index in [1.54, 1.807) is 0 Å². The van der Waals surface area contributed by atoms with E-state index >= 15 is 0 Å². The molecule has 3 atom stereocenters. The Morgan fingerprint density at radius 2 is 2.00 bits per heavy atom. The largest absolute Gasteiger partial charge is 0.481 e. The van der Waals surface area contributed by atoms with Crippen molar-refractivity contribution >= 4 is 5.97 Å². The van der Waals surface area contributed by atoms with Gasteiger partial charge in [0.2, 0.25) is 0 Å². The van der Waals surface area contributed by atoms with Crippen LogP contribution >= 0.6 is 0 Å². The van der Waals surface area contributed by atoms with Gasteiger partial charge >= 0.3 is 12.1 Å². The molecular weight excluding hydrogens is 237 g/mol. The van der Waals surface area contributed by atoms with E-state index in [1.165, 1.54) is 0 Å². The van der Waals surface area contributed by atoms with Crippen LogP contribution in [0.1, 0.15) is 32.6 Å². The van der Waals surface area contributed by atoms with E-state index in [0.717, 1.165) is 19.3 Å². The molecule has 1 rings (SSSR count). The summed E-state index contributed by atoms with van der Waals surface area (Å²) in [6.45, 7) is 1.14. The zero-order valence-electron chi connectivity index (χ0n) is 9.67. The van der Waals surface area contributed by atoms with Crippen LogP contribution in [-0.2, 0) is 9.53 Å². The van der Waals surface area contributed by atoms with Crippen molar-refractivity contribution in [2.75, 3.05) is 6.61 Å². The summed E-state index contributed by atoms with van der Waals surface area (Å²) in [5, 5.41) is 8.50. The van der Waals surface area contributed by atoms with Crippen molar-refractivity contribution in [3.63, 3.8) is 0 Å². The van der Waals surface area contributed by atoms with Crippen LogP contribution in [0.4, 0.5) is 13.2 Å². The average molecular weight is 254 g/mol. The first-order valence-corrected chi connectivity index (χ1v) is 5.73. The number of halogens is 3. The van der Waals surface area contributed by atoms with Gasteiger partial charge in [0.05, 0.1) is 12.7 Å². The van der Waals surface area contributed by atoms with Gasteiger partial charge in [-0.15, -0.1) is 0 Å². The number of rotatable bonds is 4. The maximum absolute atomic E-state index is 12.4. The third-order valence-electron chi connectivity index (χ3n) is 3.20. The molecule has 0 aromatic heterocycles. The normalized spacial score (nSPS) is 27.8. The number of hydrogen-bond acceptors (Lipinski definition) is 2. The highest BCUT2D eigenvalue weighted by Gasteiger charge is 2.45. The van der Waals surface area contributed by atoms with E-state index in [9.17, 15) is 18.0 Å². The Balaban J connectivity index is 2.49. The summed E-state index contributed by atoms with van der Waals surface area (Å²) < 4.78 is 42.2. The predicted molar refractivity (Wildman–Crippen MR) is 54.6 cm³/mol. The highest BCUT2D eigenvalue weighted by atomic mass is 19.4. The molecule has 100 valence electrons. The summed E-state index contributed by atoms with van der Waals surface area (Å²) in [6, 6.07) is 0. The monoisotopic (exact) mass is 254 g/mol. The van der Waals surface area contributed by atoms with Crippen molar-refractivity contribution in [2.45, 2.75) is 44.9 Å². The molecular formula is C11H17F3O3. The first-order valence-electron chi connectivity index (χ1n) is 5.73. The summed E-state index contributed by atoms with van der Waals surface area (Å²) in [6.07, 6.45) is -1.36. The molecule has 0 radical (unpaired) electrons. The number of carbonyl (C=O) groups is 1. The highest BCUT2D eigenvalue weighted by molar-refractivity contribution is 5.71. The molecule has 3 unspecified atom stereocenters. The van der Waals surface area contributed by atoms with Gasteiger partial charge in [0.15, 0.2) is 5.92 Å². The van der Waals surface area contributed by atoms with E-state index in [4.69, 9.17) is 9.84 Å². The average Bonchev–Trinajstić information content (AvgIpc) is 2.18. The Kier molecular flexibility index (Phi) is 4.80. The van der Waals surface area contributed by atoms with Gasteiger partial charge in [-0.05, 0) is 18.8 Å². The Labute approximate surface area is 97.9 Å². The van der Waals surface area contributed by atoms with Gasteiger partial charge in [0.1, 0.15) is 0 Å². The quantitative estimate of drug-likeness (QED) is 0.839. The minimum Gasteiger partial charge on any atom is -0.481 e. The van der Waals surface area contributed by atoms with Crippen molar-refractivity contribution in [2.24, 2.45) is 11.8 Å². The molecule has 0 aliphatic heterocycles. The Morgan fingerprint density at radius 1 is 1.41 bits per heavy atom. The van der Waals surface area contributed by atoms with Crippen molar-refractivity contribution < 1.29 is 27.8 Å². The van der Waals surface area contributed by atoms with Crippen molar-refractivity contribution in [3.05, 3.63) is 0 Å². The highest BCUT2D eigenvalue weighted by Crippen LogP contribution is 2.30. The number of aliphatic carboxylic acids is 1. The zero-order valence-corrected chi connectivity index (χ0v) is 9.67. The molecule has 1 fully saturated rings. The van der Waals surface area contributed by atoms with Gasteiger partial charge in [-0.3, -0.25) is 4.79 Å². The second-order valence-electron chi connectivity index (χ2n) is 4.57. The topological polar surface area (TPSA) is 46.5 Å². The number of carboxylic acids is 1. The zero-order chi connectivity index (χ0) is 13.1. The van der Waals surface area contributed by atoms with E-state index < -0.39 is 24.7 Å². The molecule has 0 aromatic rings. The number of carboxylic acid groups (broad SMARTS) is 1. The number of hydrogen-bond donors (Lipinski definition) is 1. The van der Waals surface area contributed by atoms with E-state index in [-0.39, 0.29) is 12.0 Å². The van der Waals surface area contributed by atoms with Gasteiger partial charge in [0.25, 0.3) is 0 Å². The summed E-state index contributed by atoms with van der Waals surface area (Å²) in [7, 11) is 0. The first kappa shape index (κ1) is 14.3. The van der Waals surface area contributed by atoms with Gasteiger partial charge in [-0.25, -0.2) is 0 Å². The predicted octanol–water partition coefficient (Wildman–Crippen LogP) is 2.84. The van der Waals surface area contributed by atoms with Gasteiger partial charge in [0, 0.05) is 0 Å². The molecule has 1 aliphatic carbocycles. The van der Waals surface area contributed by atoms with Crippen LogP contribution < -0.4 is 0 Å². The first-order chi connectivity index (χ1) is 7.82. The Hall–Kier alpha value is -0.780. The standard InChI is InChI=1S/C11H17F3O3/c1-7-4-2-3-5-9(7)17-6-8(10(15)16)11(12,13)14/h7-9H,2-6H2,1H3,(H,15,16). The molecule has 17 heavy (non-hydrogen) atoms. The van der Waals surface area contributed by atoms with Gasteiger partial charge < -0.3 is 9.84 Å². The van der Waals surface area contributed by atoms with Crippen molar-refractivity contribution in [1.29, 1.82) is 0 Å².